The third-order valence-corrected chi connectivity index (χ3v) is 2.68. The highest BCUT2D eigenvalue weighted by molar-refractivity contribution is 6.30. The molecule has 0 spiro atoms. The maximum Gasteiger partial charge on any atom is 0.246 e. The minimum Gasteiger partial charge on any atom is -0.324 e. The molecule has 1 aromatic heterocycles. The number of nitrogens with zero attached hydrogens (tertiary/aromatic N) is 2. The minimum absolute atomic E-state index is 0.0406. The number of Topliss-reactive ketones (excluding diaryl/α,β-unsaturated/α-hetero) is 1. The highest BCUT2D eigenvalue weighted by Crippen LogP contribution is 2.15. The Hall–Kier alpha value is -2.14. The number of carbonyl (C=O) groups is 2. The third kappa shape index (κ3) is 3.42. The van der Waals surface area contributed by atoms with Crippen LogP contribution < -0.4 is 5.32 Å². The van der Waals surface area contributed by atoms with E-state index in [1.807, 2.05) is 0 Å². The van der Waals surface area contributed by atoms with Crippen molar-refractivity contribution in [3.05, 3.63) is 47.2 Å². The highest BCUT2D eigenvalue weighted by atomic mass is 35.5. The number of ketones is 1. The number of hydrogen-bond acceptors (Lipinski definition) is 3. The van der Waals surface area contributed by atoms with Gasteiger partial charge in [0, 0.05) is 11.8 Å². The Balaban J connectivity index is 2.09. The third-order valence-electron chi connectivity index (χ3n) is 2.49. The van der Waals surface area contributed by atoms with Crippen molar-refractivity contribution < 1.29 is 9.59 Å². The summed E-state index contributed by atoms with van der Waals surface area (Å²) < 4.78 is 1.42. The van der Waals surface area contributed by atoms with Gasteiger partial charge < -0.3 is 5.32 Å². The summed E-state index contributed by atoms with van der Waals surface area (Å²) in [4.78, 5) is 23.3. The van der Waals surface area contributed by atoms with Gasteiger partial charge in [-0.05, 0) is 19.1 Å². The number of anilines is 1. The Labute approximate surface area is 115 Å². The fourth-order valence-corrected chi connectivity index (χ4v) is 1.82. The molecule has 0 fully saturated rings. The summed E-state index contributed by atoms with van der Waals surface area (Å²) >= 11 is 5.71. The van der Waals surface area contributed by atoms with E-state index in [1.54, 1.807) is 30.5 Å². The molecule has 0 unspecified atom stereocenters. The molecule has 0 atom stereocenters. The number of nitrogens with one attached hydrogen (secondary N) is 1. The molecule has 2 aromatic rings. The first-order valence-electron chi connectivity index (χ1n) is 5.64. The van der Waals surface area contributed by atoms with Crippen LogP contribution in [0.1, 0.15) is 17.3 Å². The van der Waals surface area contributed by atoms with Crippen LogP contribution >= 0.6 is 11.6 Å². The van der Waals surface area contributed by atoms with Gasteiger partial charge in [0.1, 0.15) is 6.54 Å². The molecule has 0 aliphatic carbocycles. The molecule has 98 valence electrons. The van der Waals surface area contributed by atoms with E-state index in [9.17, 15) is 9.59 Å². The zero-order valence-electron chi connectivity index (χ0n) is 10.3. The summed E-state index contributed by atoms with van der Waals surface area (Å²) in [5, 5.41) is 7.07. The highest BCUT2D eigenvalue weighted by Gasteiger charge is 2.10. The van der Waals surface area contributed by atoms with Crippen LogP contribution in [0.2, 0.25) is 5.02 Å². The maximum atomic E-state index is 11.8. The first-order valence-corrected chi connectivity index (χ1v) is 6.02. The SMILES string of the molecule is CC(=O)c1ccccc1NC(=O)Cn1cc(Cl)cn1. The predicted octanol–water partition coefficient (Wildman–Crippen LogP) is 2.38. The van der Waals surface area contributed by atoms with E-state index in [1.165, 1.54) is 17.8 Å². The zero-order valence-corrected chi connectivity index (χ0v) is 11.0. The largest absolute Gasteiger partial charge is 0.324 e. The van der Waals surface area contributed by atoms with Crippen LogP contribution in [0.3, 0.4) is 0 Å². The summed E-state index contributed by atoms with van der Waals surface area (Å²) in [7, 11) is 0. The number of carbonyl (C=O) groups excluding carboxylic acids is 2. The average Bonchev–Trinajstić information content (AvgIpc) is 2.75. The van der Waals surface area contributed by atoms with Gasteiger partial charge in [0.25, 0.3) is 0 Å². The van der Waals surface area contributed by atoms with E-state index in [4.69, 9.17) is 11.6 Å². The molecular formula is C13H12ClN3O2. The number of amides is 1. The van der Waals surface area contributed by atoms with E-state index in [-0.39, 0.29) is 18.2 Å². The first-order chi connectivity index (χ1) is 9.06. The van der Waals surface area contributed by atoms with Crippen LogP contribution in [0.4, 0.5) is 5.69 Å². The van der Waals surface area contributed by atoms with Gasteiger partial charge in [-0.15, -0.1) is 0 Å². The van der Waals surface area contributed by atoms with Crippen molar-refractivity contribution in [3.63, 3.8) is 0 Å². The summed E-state index contributed by atoms with van der Waals surface area (Å²) in [5.41, 5.74) is 0.979. The van der Waals surface area contributed by atoms with Crippen LogP contribution in [0, 0.1) is 0 Å². The molecule has 0 aliphatic heterocycles. The molecule has 1 amide bonds. The fourth-order valence-electron chi connectivity index (χ4n) is 1.66. The average molecular weight is 278 g/mol. The predicted molar refractivity (Wildman–Crippen MR) is 72.3 cm³/mol. The van der Waals surface area contributed by atoms with E-state index < -0.39 is 0 Å². The number of para-hydroxylation sites is 1. The van der Waals surface area contributed by atoms with Gasteiger partial charge in [-0.1, -0.05) is 23.7 Å². The van der Waals surface area contributed by atoms with E-state index in [2.05, 4.69) is 10.4 Å². The van der Waals surface area contributed by atoms with Crippen LogP contribution in [0.15, 0.2) is 36.7 Å². The fraction of sp³-hybridized carbons (Fsp3) is 0.154. The molecule has 5 nitrogen and oxygen atoms in total. The zero-order chi connectivity index (χ0) is 13.8. The van der Waals surface area contributed by atoms with E-state index in [0.29, 0.717) is 16.3 Å². The molecular weight excluding hydrogens is 266 g/mol. The molecule has 0 aliphatic rings. The Bertz CT molecular complexity index is 622. The number of halogens is 1. The van der Waals surface area contributed by atoms with Gasteiger partial charge in [-0.3, -0.25) is 14.3 Å². The van der Waals surface area contributed by atoms with Gasteiger partial charge >= 0.3 is 0 Å². The van der Waals surface area contributed by atoms with E-state index in [0.717, 1.165) is 0 Å². The standard InChI is InChI=1S/C13H12ClN3O2/c1-9(18)11-4-2-3-5-12(11)16-13(19)8-17-7-10(14)6-15-17/h2-7H,8H2,1H3,(H,16,19). The van der Waals surface area contributed by atoms with Crippen molar-refractivity contribution in [1.29, 1.82) is 0 Å². The maximum absolute atomic E-state index is 11.8. The summed E-state index contributed by atoms with van der Waals surface area (Å²) in [6, 6.07) is 6.86. The molecule has 0 saturated heterocycles. The van der Waals surface area contributed by atoms with Crippen molar-refractivity contribution in [3.8, 4) is 0 Å². The van der Waals surface area contributed by atoms with Gasteiger partial charge in [0.05, 0.1) is 16.9 Å². The molecule has 0 bridgehead atoms. The molecule has 1 heterocycles. The van der Waals surface area contributed by atoms with Gasteiger partial charge in [0.15, 0.2) is 5.78 Å². The Morgan fingerprint density at radius 3 is 2.74 bits per heavy atom. The molecule has 2 rings (SSSR count). The summed E-state index contributed by atoms with van der Waals surface area (Å²) in [6.07, 6.45) is 3.01. The topological polar surface area (TPSA) is 64.0 Å². The summed E-state index contributed by atoms with van der Waals surface area (Å²) in [5.74, 6) is -0.369. The van der Waals surface area contributed by atoms with Crippen molar-refractivity contribution in [2.24, 2.45) is 0 Å². The number of aromatic nitrogens is 2. The van der Waals surface area contributed by atoms with Crippen molar-refractivity contribution in [2.75, 3.05) is 5.32 Å². The second-order valence-corrected chi connectivity index (χ2v) is 4.44. The number of rotatable bonds is 4. The second kappa shape index (κ2) is 5.67. The Kier molecular flexibility index (Phi) is 3.97. The monoisotopic (exact) mass is 277 g/mol. The van der Waals surface area contributed by atoms with Crippen LogP contribution in [0.25, 0.3) is 0 Å². The lowest BCUT2D eigenvalue weighted by Gasteiger charge is -2.08. The van der Waals surface area contributed by atoms with Gasteiger partial charge in [-0.2, -0.15) is 5.10 Å². The van der Waals surface area contributed by atoms with Gasteiger partial charge in [0.2, 0.25) is 5.91 Å². The number of hydrogen-bond donors (Lipinski definition) is 1. The van der Waals surface area contributed by atoms with Crippen molar-refractivity contribution >= 4 is 29.0 Å². The van der Waals surface area contributed by atoms with Crippen molar-refractivity contribution in [1.82, 2.24) is 9.78 Å². The minimum atomic E-state index is -0.270. The first kappa shape index (κ1) is 13.3. The quantitative estimate of drug-likeness (QED) is 0.873. The Morgan fingerprint density at radius 2 is 2.11 bits per heavy atom. The molecule has 19 heavy (non-hydrogen) atoms. The lowest BCUT2D eigenvalue weighted by molar-refractivity contribution is -0.116. The lowest BCUT2D eigenvalue weighted by Crippen LogP contribution is -2.20. The van der Waals surface area contributed by atoms with Crippen molar-refractivity contribution in [2.45, 2.75) is 13.5 Å². The smallest absolute Gasteiger partial charge is 0.246 e. The van der Waals surface area contributed by atoms with Crippen LogP contribution in [0.5, 0.6) is 0 Å². The normalized spacial score (nSPS) is 10.2. The summed E-state index contributed by atoms with van der Waals surface area (Å²) in [6.45, 7) is 1.50. The molecule has 0 radical (unpaired) electrons. The lowest BCUT2D eigenvalue weighted by atomic mass is 10.1. The van der Waals surface area contributed by atoms with Crippen LogP contribution in [-0.2, 0) is 11.3 Å². The molecule has 1 aromatic carbocycles. The Morgan fingerprint density at radius 1 is 1.37 bits per heavy atom. The van der Waals surface area contributed by atoms with Crippen LogP contribution in [-0.4, -0.2) is 21.5 Å². The number of benzene rings is 1. The van der Waals surface area contributed by atoms with E-state index >= 15 is 0 Å². The molecule has 1 N–H and O–H groups in total. The molecule has 6 heteroatoms. The molecule has 0 saturated carbocycles. The van der Waals surface area contributed by atoms with Gasteiger partial charge in [-0.25, -0.2) is 0 Å². The second-order valence-electron chi connectivity index (χ2n) is 4.01.